The van der Waals surface area contributed by atoms with E-state index in [1.54, 1.807) is 0 Å². The molecule has 1 saturated carbocycles. The van der Waals surface area contributed by atoms with Crippen molar-refractivity contribution >= 4 is 18.0 Å². The Morgan fingerprint density at radius 3 is 2.65 bits per heavy atom. The highest BCUT2D eigenvalue weighted by Crippen LogP contribution is 2.26. The highest BCUT2D eigenvalue weighted by Gasteiger charge is 2.21. The number of nitrogens with one attached hydrogen (secondary N) is 2. The Morgan fingerprint density at radius 2 is 1.91 bits per heavy atom. The second kappa shape index (κ2) is 8.36. The predicted octanol–water partition coefficient (Wildman–Crippen LogP) is 3.97. The van der Waals surface area contributed by atoms with Gasteiger partial charge in [-0.1, -0.05) is 42.2 Å². The number of hydrogen-bond acceptors (Lipinski definition) is 6. The van der Waals surface area contributed by atoms with Crippen molar-refractivity contribution in [2.75, 3.05) is 17.6 Å². The van der Waals surface area contributed by atoms with E-state index in [0.717, 1.165) is 17.9 Å². The van der Waals surface area contributed by atoms with Crippen LogP contribution in [0.25, 0.3) is 11.5 Å². The Hall–Kier alpha value is -1.53. The fourth-order valence-corrected chi connectivity index (χ4v) is 3.55. The molecule has 1 aromatic heterocycles. The molecule has 0 atom stereocenters. The second-order valence-corrected chi connectivity index (χ2v) is 7.03. The number of rotatable bonds is 7. The number of aromatic nitrogens is 2. The minimum Gasteiger partial charge on any atom is -0.403 e. The Kier molecular flexibility index (Phi) is 5.93. The highest BCUT2D eigenvalue weighted by atomic mass is 32.2. The lowest BCUT2D eigenvalue weighted by molar-refractivity contribution is 0.327. The van der Waals surface area contributed by atoms with Gasteiger partial charge in [0.1, 0.15) is 0 Å². The molecule has 2 aromatic rings. The van der Waals surface area contributed by atoms with Crippen molar-refractivity contribution in [3.05, 3.63) is 30.3 Å². The summed E-state index contributed by atoms with van der Waals surface area (Å²) in [5.41, 5.74) is 0.952. The molecule has 1 heterocycles. The fraction of sp³-hybridized carbons (Fsp3) is 0.529. The first kappa shape index (κ1) is 16.3. The zero-order valence-corrected chi connectivity index (χ0v) is 14.3. The molecule has 0 aliphatic heterocycles. The van der Waals surface area contributed by atoms with E-state index in [1.165, 1.54) is 25.7 Å². The monoisotopic (exact) mass is 332 g/mol. The quantitative estimate of drug-likeness (QED) is 0.748. The maximum absolute atomic E-state index is 5.69. The summed E-state index contributed by atoms with van der Waals surface area (Å²) in [6, 6.07) is 11.0. The van der Waals surface area contributed by atoms with Gasteiger partial charge in [-0.2, -0.15) is 0 Å². The minimum atomic E-state index is 0.519. The van der Waals surface area contributed by atoms with E-state index in [9.17, 15) is 0 Å². The van der Waals surface area contributed by atoms with Crippen LogP contribution in [0.2, 0.25) is 0 Å². The molecule has 23 heavy (non-hydrogen) atoms. The minimum absolute atomic E-state index is 0.519. The Labute approximate surface area is 141 Å². The summed E-state index contributed by atoms with van der Waals surface area (Å²) < 4.78 is 9.23. The fourth-order valence-electron chi connectivity index (χ4n) is 2.91. The molecule has 1 aromatic carbocycles. The summed E-state index contributed by atoms with van der Waals surface area (Å²) in [5, 5.41) is 11.5. The van der Waals surface area contributed by atoms with E-state index in [0.29, 0.717) is 23.9 Å². The molecule has 0 unspecified atom stereocenters. The third-order valence-corrected chi connectivity index (χ3v) is 5.02. The van der Waals surface area contributed by atoms with Gasteiger partial charge < -0.3 is 9.73 Å². The average Bonchev–Trinajstić information content (AvgIpc) is 3.09. The van der Waals surface area contributed by atoms with Gasteiger partial charge in [-0.05, 0) is 43.7 Å². The number of nitrogens with zero attached hydrogens (tertiary/aromatic N) is 2. The van der Waals surface area contributed by atoms with Crippen LogP contribution in [-0.4, -0.2) is 28.5 Å². The van der Waals surface area contributed by atoms with Crippen molar-refractivity contribution in [2.45, 2.75) is 38.6 Å². The second-order valence-electron chi connectivity index (χ2n) is 5.93. The van der Waals surface area contributed by atoms with Crippen LogP contribution in [0.15, 0.2) is 34.7 Å². The molecule has 2 N–H and O–H groups in total. The molecule has 0 bridgehead atoms. The lowest BCUT2D eigenvalue weighted by atomic mass is 9.86. The van der Waals surface area contributed by atoms with Gasteiger partial charge in [-0.15, -0.1) is 5.10 Å². The molecule has 0 radical (unpaired) electrons. The van der Waals surface area contributed by atoms with Crippen LogP contribution < -0.4 is 10.0 Å². The molecular weight excluding hydrogens is 308 g/mol. The first-order valence-electron chi connectivity index (χ1n) is 8.35. The summed E-state index contributed by atoms with van der Waals surface area (Å²) in [6.07, 6.45) is 4.99. The molecule has 0 saturated heterocycles. The topological polar surface area (TPSA) is 63.0 Å². The molecule has 1 aliphatic carbocycles. The Balaban J connectivity index is 1.44. The smallest absolute Gasteiger partial charge is 0.315 e. The van der Waals surface area contributed by atoms with Crippen molar-refractivity contribution in [1.29, 1.82) is 0 Å². The number of benzene rings is 1. The molecule has 1 aliphatic rings. The normalized spacial score (nSPS) is 21.3. The van der Waals surface area contributed by atoms with E-state index in [4.69, 9.17) is 4.42 Å². The van der Waals surface area contributed by atoms with Crippen LogP contribution in [0.5, 0.6) is 0 Å². The van der Waals surface area contributed by atoms with Crippen molar-refractivity contribution in [3.63, 3.8) is 0 Å². The summed E-state index contributed by atoms with van der Waals surface area (Å²) in [6.45, 7) is 3.09. The molecule has 5 nitrogen and oxygen atoms in total. The first-order chi connectivity index (χ1) is 11.3. The summed E-state index contributed by atoms with van der Waals surface area (Å²) in [5.74, 6) is 2.38. The first-order valence-corrected chi connectivity index (χ1v) is 9.34. The van der Waals surface area contributed by atoms with Crippen molar-refractivity contribution in [2.24, 2.45) is 5.92 Å². The predicted molar refractivity (Wildman–Crippen MR) is 95.2 cm³/mol. The SMILES string of the molecule is CCSNC1CCC(CNc2nnc(-c3ccccc3)o2)CC1. The third-order valence-electron chi connectivity index (χ3n) is 4.23. The summed E-state index contributed by atoms with van der Waals surface area (Å²) in [4.78, 5) is 0. The van der Waals surface area contributed by atoms with Gasteiger partial charge in [0, 0.05) is 23.9 Å². The van der Waals surface area contributed by atoms with E-state index in [1.807, 2.05) is 42.3 Å². The molecule has 0 spiro atoms. The molecule has 0 amide bonds. The van der Waals surface area contributed by atoms with Crippen molar-refractivity contribution in [1.82, 2.24) is 14.9 Å². The largest absolute Gasteiger partial charge is 0.403 e. The summed E-state index contributed by atoms with van der Waals surface area (Å²) in [7, 11) is 0. The molecule has 3 rings (SSSR count). The standard InChI is InChI=1S/C17H24N4OS/c1-2-23-21-15-10-8-13(9-11-15)12-18-17-20-19-16(22-17)14-6-4-3-5-7-14/h3-7,13,15,21H,2,8-12H2,1H3,(H,18,20). The molecule has 124 valence electrons. The van der Waals surface area contributed by atoms with Gasteiger partial charge in [0.2, 0.25) is 5.89 Å². The number of anilines is 1. The van der Waals surface area contributed by atoms with Crippen molar-refractivity contribution < 1.29 is 4.42 Å². The van der Waals surface area contributed by atoms with E-state index < -0.39 is 0 Å². The lowest BCUT2D eigenvalue weighted by Crippen LogP contribution is -2.31. The molecule has 1 fully saturated rings. The van der Waals surface area contributed by atoms with Crippen molar-refractivity contribution in [3.8, 4) is 11.5 Å². The zero-order chi connectivity index (χ0) is 15.9. The molecule has 6 heteroatoms. The summed E-state index contributed by atoms with van der Waals surface area (Å²) >= 11 is 1.83. The van der Waals surface area contributed by atoms with Gasteiger partial charge >= 0.3 is 6.01 Å². The zero-order valence-electron chi connectivity index (χ0n) is 13.5. The average molecular weight is 332 g/mol. The number of hydrogen-bond donors (Lipinski definition) is 2. The molecular formula is C17H24N4OS. The van der Waals surface area contributed by atoms with Crippen LogP contribution >= 0.6 is 11.9 Å². The van der Waals surface area contributed by atoms with Gasteiger partial charge in [0.05, 0.1) is 0 Å². The van der Waals surface area contributed by atoms with E-state index in [2.05, 4.69) is 27.2 Å². The van der Waals surface area contributed by atoms with Crippen LogP contribution in [0.4, 0.5) is 6.01 Å². The third kappa shape index (κ3) is 4.72. The van der Waals surface area contributed by atoms with Crippen LogP contribution in [0.1, 0.15) is 32.6 Å². The van der Waals surface area contributed by atoms with Crippen LogP contribution in [0, 0.1) is 5.92 Å². The Morgan fingerprint density at radius 1 is 1.13 bits per heavy atom. The lowest BCUT2D eigenvalue weighted by Gasteiger charge is -2.28. The highest BCUT2D eigenvalue weighted by molar-refractivity contribution is 7.97. The van der Waals surface area contributed by atoms with Gasteiger partial charge in [0.15, 0.2) is 0 Å². The van der Waals surface area contributed by atoms with E-state index >= 15 is 0 Å². The van der Waals surface area contributed by atoms with Crippen LogP contribution in [0.3, 0.4) is 0 Å². The van der Waals surface area contributed by atoms with Crippen LogP contribution in [-0.2, 0) is 0 Å². The van der Waals surface area contributed by atoms with Gasteiger partial charge in [-0.3, -0.25) is 4.72 Å². The Bertz CT molecular complexity index is 581. The van der Waals surface area contributed by atoms with E-state index in [-0.39, 0.29) is 0 Å². The van der Waals surface area contributed by atoms with Gasteiger partial charge in [-0.25, -0.2) is 0 Å². The van der Waals surface area contributed by atoms with Gasteiger partial charge in [0.25, 0.3) is 0 Å². The maximum Gasteiger partial charge on any atom is 0.315 e. The maximum atomic E-state index is 5.69.